The van der Waals surface area contributed by atoms with E-state index in [-0.39, 0.29) is 6.42 Å². The average Bonchev–Trinajstić information content (AvgIpc) is 2.27. The van der Waals surface area contributed by atoms with Gasteiger partial charge in [-0.3, -0.25) is 9.69 Å². The molecule has 1 N–H and O–H groups in total. The molecule has 0 fully saturated rings. The van der Waals surface area contributed by atoms with Gasteiger partial charge < -0.3 is 5.11 Å². The molecule has 0 aromatic heterocycles. The number of hydrogen-bond donors (Lipinski definition) is 1. The second-order valence-electron chi connectivity index (χ2n) is 3.65. The van der Waals surface area contributed by atoms with Crippen molar-refractivity contribution in [1.82, 2.24) is 4.90 Å². The van der Waals surface area contributed by atoms with Crippen molar-refractivity contribution in [3.63, 3.8) is 0 Å². The van der Waals surface area contributed by atoms with Gasteiger partial charge in [0.2, 0.25) is 0 Å². The summed E-state index contributed by atoms with van der Waals surface area (Å²) in [7, 11) is 0. The van der Waals surface area contributed by atoms with Gasteiger partial charge in [-0.15, -0.1) is 6.58 Å². The lowest BCUT2D eigenvalue weighted by Crippen LogP contribution is -2.26. The summed E-state index contributed by atoms with van der Waals surface area (Å²) in [6.07, 6.45) is 1.96. The number of carbonyl (C=O) groups is 1. The molecule has 0 aliphatic rings. The molecule has 1 rings (SSSR count). The Labute approximate surface area is 96.0 Å². The van der Waals surface area contributed by atoms with Gasteiger partial charge in [0, 0.05) is 19.6 Å². The third-order valence-corrected chi connectivity index (χ3v) is 2.28. The van der Waals surface area contributed by atoms with Crippen LogP contribution in [0.5, 0.6) is 0 Å². The van der Waals surface area contributed by atoms with Crippen LogP contribution in [0.1, 0.15) is 12.0 Å². The summed E-state index contributed by atoms with van der Waals surface area (Å²) < 4.78 is 0. The van der Waals surface area contributed by atoms with Gasteiger partial charge in [-0.1, -0.05) is 36.4 Å². The monoisotopic (exact) mass is 219 g/mol. The molecule has 0 saturated heterocycles. The summed E-state index contributed by atoms with van der Waals surface area (Å²) in [5.74, 6) is -0.762. The van der Waals surface area contributed by atoms with Crippen molar-refractivity contribution in [3.05, 3.63) is 48.6 Å². The van der Waals surface area contributed by atoms with Crippen molar-refractivity contribution in [2.75, 3.05) is 13.1 Å². The van der Waals surface area contributed by atoms with E-state index in [0.29, 0.717) is 13.1 Å². The number of carboxylic acids is 1. The van der Waals surface area contributed by atoms with E-state index in [9.17, 15) is 4.79 Å². The minimum absolute atomic E-state index is 0.167. The van der Waals surface area contributed by atoms with E-state index in [0.717, 1.165) is 6.54 Å². The highest BCUT2D eigenvalue weighted by Gasteiger charge is 2.06. The van der Waals surface area contributed by atoms with Gasteiger partial charge in [-0.25, -0.2) is 0 Å². The van der Waals surface area contributed by atoms with Crippen molar-refractivity contribution in [2.24, 2.45) is 0 Å². The molecule has 0 atom stereocenters. The standard InChI is InChI=1S/C13H17NO2/c1-2-9-14(10-8-13(15)16)11-12-6-4-3-5-7-12/h2-7H,1,8-11H2,(H,15,16). The molecule has 0 bridgehead atoms. The second kappa shape index (κ2) is 6.80. The fraction of sp³-hybridized carbons (Fsp3) is 0.308. The normalized spacial score (nSPS) is 10.3. The van der Waals surface area contributed by atoms with Gasteiger partial charge in [0.1, 0.15) is 0 Å². The molecule has 3 heteroatoms. The topological polar surface area (TPSA) is 40.5 Å². The van der Waals surface area contributed by atoms with Crippen LogP contribution in [-0.2, 0) is 11.3 Å². The number of aliphatic carboxylic acids is 1. The number of nitrogens with zero attached hydrogens (tertiary/aromatic N) is 1. The van der Waals surface area contributed by atoms with Gasteiger partial charge in [-0.2, -0.15) is 0 Å². The van der Waals surface area contributed by atoms with Crippen molar-refractivity contribution >= 4 is 5.97 Å². The molecule has 0 aliphatic carbocycles. The van der Waals surface area contributed by atoms with Crippen LogP contribution >= 0.6 is 0 Å². The lowest BCUT2D eigenvalue weighted by molar-refractivity contribution is -0.137. The fourth-order valence-corrected chi connectivity index (χ4v) is 1.51. The summed E-state index contributed by atoms with van der Waals surface area (Å²) in [4.78, 5) is 12.6. The Kier molecular flexibility index (Phi) is 5.29. The maximum absolute atomic E-state index is 10.5. The maximum Gasteiger partial charge on any atom is 0.304 e. The molecule has 1 aromatic carbocycles. The molecule has 3 nitrogen and oxygen atoms in total. The summed E-state index contributed by atoms with van der Waals surface area (Å²) in [6.45, 7) is 5.71. The Hall–Kier alpha value is -1.61. The molecule has 0 heterocycles. The first-order chi connectivity index (χ1) is 7.72. The van der Waals surface area contributed by atoms with Crippen LogP contribution in [0.15, 0.2) is 43.0 Å². The van der Waals surface area contributed by atoms with Crippen molar-refractivity contribution in [1.29, 1.82) is 0 Å². The molecular formula is C13H17NO2. The summed E-state index contributed by atoms with van der Waals surface area (Å²) in [5.41, 5.74) is 1.19. The Bertz CT molecular complexity index is 335. The van der Waals surface area contributed by atoms with Crippen LogP contribution in [0.25, 0.3) is 0 Å². The third-order valence-electron chi connectivity index (χ3n) is 2.28. The minimum atomic E-state index is -0.762. The molecule has 0 saturated carbocycles. The Morgan fingerprint density at radius 3 is 2.62 bits per heavy atom. The average molecular weight is 219 g/mol. The van der Waals surface area contributed by atoms with Crippen LogP contribution in [0, 0.1) is 0 Å². The van der Waals surface area contributed by atoms with Gasteiger partial charge in [0.15, 0.2) is 0 Å². The molecule has 0 unspecified atom stereocenters. The predicted molar refractivity (Wildman–Crippen MR) is 64.2 cm³/mol. The smallest absolute Gasteiger partial charge is 0.304 e. The highest BCUT2D eigenvalue weighted by atomic mass is 16.4. The molecule has 16 heavy (non-hydrogen) atoms. The van der Waals surface area contributed by atoms with Gasteiger partial charge in [-0.05, 0) is 5.56 Å². The van der Waals surface area contributed by atoms with Gasteiger partial charge >= 0.3 is 5.97 Å². The van der Waals surface area contributed by atoms with Gasteiger partial charge in [0.05, 0.1) is 6.42 Å². The van der Waals surface area contributed by atoms with Gasteiger partial charge in [0.25, 0.3) is 0 Å². The molecule has 0 aliphatic heterocycles. The molecular weight excluding hydrogens is 202 g/mol. The second-order valence-corrected chi connectivity index (χ2v) is 3.65. The summed E-state index contributed by atoms with van der Waals surface area (Å²) >= 11 is 0. The van der Waals surface area contributed by atoms with E-state index in [4.69, 9.17) is 5.11 Å². The maximum atomic E-state index is 10.5. The van der Waals surface area contributed by atoms with E-state index in [1.807, 2.05) is 30.3 Å². The highest BCUT2D eigenvalue weighted by Crippen LogP contribution is 2.04. The zero-order chi connectivity index (χ0) is 11.8. The predicted octanol–water partition coefficient (Wildman–Crippen LogP) is 2.15. The zero-order valence-corrected chi connectivity index (χ0v) is 9.30. The van der Waals surface area contributed by atoms with Crippen LogP contribution < -0.4 is 0 Å². The number of carboxylic acid groups (broad SMARTS) is 1. The largest absolute Gasteiger partial charge is 0.481 e. The Balaban J connectivity index is 2.50. The number of hydrogen-bond acceptors (Lipinski definition) is 2. The first-order valence-electron chi connectivity index (χ1n) is 5.31. The Morgan fingerprint density at radius 2 is 2.06 bits per heavy atom. The quantitative estimate of drug-likeness (QED) is 0.714. The summed E-state index contributed by atoms with van der Waals surface area (Å²) in [5, 5.41) is 8.64. The number of benzene rings is 1. The van der Waals surface area contributed by atoms with E-state index >= 15 is 0 Å². The summed E-state index contributed by atoms with van der Waals surface area (Å²) in [6, 6.07) is 10.0. The van der Waals surface area contributed by atoms with Crippen LogP contribution in [0.4, 0.5) is 0 Å². The van der Waals surface area contributed by atoms with E-state index in [1.54, 1.807) is 6.08 Å². The van der Waals surface area contributed by atoms with Crippen LogP contribution in [0.3, 0.4) is 0 Å². The lowest BCUT2D eigenvalue weighted by atomic mass is 10.2. The van der Waals surface area contributed by atoms with Crippen molar-refractivity contribution in [3.8, 4) is 0 Å². The van der Waals surface area contributed by atoms with Crippen LogP contribution in [0.2, 0.25) is 0 Å². The first-order valence-corrected chi connectivity index (χ1v) is 5.31. The highest BCUT2D eigenvalue weighted by molar-refractivity contribution is 5.66. The van der Waals surface area contributed by atoms with E-state index in [2.05, 4.69) is 11.5 Å². The van der Waals surface area contributed by atoms with E-state index in [1.165, 1.54) is 5.56 Å². The molecule has 0 radical (unpaired) electrons. The first kappa shape index (κ1) is 12.5. The molecule has 0 spiro atoms. The zero-order valence-electron chi connectivity index (χ0n) is 9.30. The molecule has 86 valence electrons. The minimum Gasteiger partial charge on any atom is -0.481 e. The molecule has 1 aromatic rings. The van der Waals surface area contributed by atoms with Crippen molar-refractivity contribution < 1.29 is 9.90 Å². The fourth-order valence-electron chi connectivity index (χ4n) is 1.51. The molecule has 0 amide bonds. The third kappa shape index (κ3) is 4.75. The van der Waals surface area contributed by atoms with E-state index < -0.39 is 5.97 Å². The SMILES string of the molecule is C=CCN(CCC(=O)O)Cc1ccccc1. The Morgan fingerprint density at radius 1 is 1.38 bits per heavy atom. The van der Waals surface area contributed by atoms with Crippen molar-refractivity contribution in [2.45, 2.75) is 13.0 Å². The number of rotatable bonds is 7. The van der Waals surface area contributed by atoms with Crippen LogP contribution in [-0.4, -0.2) is 29.1 Å². The lowest BCUT2D eigenvalue weighted by Gasteiger charge is -2.19.